The molecule has 136 valence electrons. The minimum Gasteiger partial charge on any atom is -0.338 e. The molecule has 1 amide bonds. The van der Waals surface area contributed by atoms with Crippen LogP contribution in [0.1, 0.15) is 23.7 Å². The van der Waals surface area contributed by atoms with Gasteiger partial charge in [0.05, 0.1) is 0 Å². The van der Waals surface area contributed by atoms with Gasteiger partial charge in [-0.1, -0.05) is 24.8 Å². The highest BCUT2D eigenvalue weighted by Crippen LogP contribution is 2.30. The lowest BCUT2D eigenvalue weighted by atomic mass is 9.90. The molecule has 3 rings (SSSR count). The topological polar surface area (TPSA) is 59.2 Å². The lowest BCUT2D eigenvalue weighted by molar-refractivity contribution is 0.0777. The zero-order valence-electron chi connectivity index (χ0n) is 14.1. The maximum Gasteiger partial charge on any atom is 0.253 e. The molecule has 4 nitrogen and oxygen atoms in total. The third-order valence-electron chi connectivity index (χ3n) is 4.30. The summed E-state index contributed by atoms with van der Waals surface area (Å²) in [6, 6.07) is 13.6. The Kier molecular flexibility index (Phi) is 8.22. The molecule has 0 bridgehead atoms. The van der Waals surface area contributed by atoms with Crippen molar-refractivity contribution in [2.24, 2.45) is 11.1 Å². The fraction of sp³-hybridized carbons (Fsp3) is 0.333. The zero-order chi connectivity index (χ0) is 16.3. The van der Waals surface area contributed by atoms with Crippen molar-refractivity contribution in [2.45, 2.75) is 23.3 Å². The Morgan fingerprint density at radius 2 is 1.96 bits per heavy atom. The average molecular weight is 400 g/mol. The highest BCUT2D eigenvalue weighted by molar-refractivity contribution is 7.99. The number of pyridine rings is 1. The van der Waals surface area contributed by atoms with Gasteiger partial charge in [-0.2, -0.15) is 0 Å². The second-order valence-electron chi connectivity index (χ2n) is 6.29. The largest absolute Gasteiger partial charge is 0.338 e. The number of carbonyl (C=O) groups excluding carboxylic acids is 1. The fourth-order valence-corrected chi connectivity index (χ4v) is 3.51. The molecule has 2 N–H and O–H groups in total. The predicted octanol–water partition coefficient (Wildman–Crippen LogP) is 3.89. The first kappa shape index (κ1) is 21.8. The number of nitrogens with two attached hydrogens (primary N) is 1. The Balaban J connectivity index is 0.00000156. The third-order valence-corrected chi connectivity index (χ3v) is 5.26. The number of aromatic nitrogens is 1. The minimum absolute atomic E-state index is 0. The van der Waals surface area contributed by atoms with E-state index in [0.29, 0.717) is 6.54 Å². The summed E-state index contributed by atoms with van der Waals surface area (Å²) >= 11 is 1.59. The van der Waals surface area contributed by atoms with Gasteiger partial charge in [0.25, 0.3) is 5.91 Å². The van der Waals surface area contributed by atoms with Gasteiger partial charge in [0.2, 0.25) is 0 Å². The Bertz CT molecular complexity index is 684. The van der Waals surface area contributed by atoms with Crippen LogP contribution in [0.25, 0.3) is 0 Å². The molecule has 7 heteroatoms. The van der Waals surface area contributed by atoms with E-state index >= 15 is 0 Å². The van der Waals surface area contributed by atoms with Crippen molar-refractivity contribution in [3.63, 3.8) is 0 Å². The second kappa shape index (κ2) is 9.43. The lowest BCUT2D eigenvalue weighted by Crippen LogP contribution is -2.34. The number of hydrogen-bond acceptors (Lipinski definition) is 4. The number of hydrogen-bond donors (Lipinski definition) is 1. The molecule has 1 aliphatic heterocycles. The van der Waals surface area contributed by atoms with Gasteiger partial charge in [-0.15, -0.1) is 24.8 Å². The van der Waals surface area contributed by atoms with Crippen molar-refractivity contribution in [1.29, 1.82) is 0 Å². The quantitative estimate of drug-likeness (QED) is 0.846. The number of nitrogens with zero attached hydrogens (tertiary/aromatic N) is 2. The van der Waals surface area contributed by atoms with E-state index in [4.69, 9.17) is 5.73 Å². The molecule has 0 spiro atoms. The number of amides is 1. The first-order chi connectivity index (χ1) is 11.1. The molecule has 2 aromatic rings. The molecule has 1 aromatic heterocycles. The summed E-state index contributed by atoms with van der Waals surface area (Å²) < 4.78 is 0. The smallest absolute Gasteiger partial charge is 0.253 e. The number of carbonyl (C=O) groups is 1. The monoisotopic (exact) mass is 399 g/mol. The molecule has 1 aliphatic rings. The van der Waals surface area contributed by atoms with Gasteiger partial charge in [0.1, 0.15) is 5.03 Å². The summed E-state index contributed by atoms with van der Waals surface area (Å²) in [6.07, 6.45) is 2.75. The van der Waals surface area contributed by atoms with Gasteiger partial charge in [0, 0.05) is 29.7 Å². The zero-order valence-corrected chi connectivity index (χ0v) is 16.5. The summed E-state index contributed by atoms with van der Waals surface area (Å²) in [6.45, 7) is 4.30. The van der Waals surface area contributed by atoms with E-state index in [-0.39, 0.29) is 36.1 Å². The molecule has 0 radical (unpaired) electrons. The Hall–Kier alpha value is -1.27. The summed E-state index contributed by atoms with van der Waals surface area (Å²) in [5.41, 5.74) is 6.61. The van der Waals surface area contributed by atoms with Crippen molar-refractivity contribution >= 4 is 42.5 Å². The van der Waals surface area contributed by atoms with Crippen molar-refractivity contribution in [3.8, 4) is 0 Å². The van der Waals surface area contributed by atoms with Crippen LogP contribution >= 0.6 is 36.6 Å². The van der Waals surface area contributed by atoms with Gasteiger partial charge in [-0.25, -0.2) is 4.98 Å². The van der Waals surface area contributed by atoms with Gasteiger partial charge >= 0.3 is 0 Å². The first-order valence-corrected chi connectivity index (χ1v) is 8.60. The Labute approximate surface area is 165 Å². The van der Waals surface area contributed by atoms with Crippen LogP contribution in [0.3, 0.4) is 0 Å². The molecule has 0 aliphatic carbocycles. The summed E-state index contributed by atoms with van der Waals surface area (Å²) in [7, 11) is 0. The van der Waals surface area contributed by atoms with Crippen LogP contribution in [0, 0.1) is 5.41 Å². The number of rotatable bonds is 4. The van der Waals surface area contributed by atoms with Crippen molar-refractivity contribution in [1.82, 2.24) is 9.88 Å². The Morgan fingerprint density at radius 3 is 2.52 bits per heavy atom. The van der Waals surface area contributed by atoms with Gasteiger partial charge in [0.15, 0.2) is 0 Å². The third kappa shape index (κ3) is 5.35. The molecule has 2 heterocycles. The molecule has 25 heavy (non-hydrogen) atoms. The molecule has 0 saturated carbocycles. The molecular weight excluding hydrogens is 377 g/mol. The number of benzene rings is 1. The van der Waals surface area contributed by atoms with Gasteiger partial charge in [-0.05, 0) is 54.8 Å². The molecule has 1 aromatic carbocycles. The van der Waals surface area contributed by atoms with Crippen LogP contribution < -0.4 is 5.73 Å². The SMILES string of the molecule is CC1(CN)CCN(C(=O)c2ccc(Sc3ccccn3)cc2)C1.Cl.Cl. The van der Waals surface area contributed by atoms with Crippen molar-refractivity contribution in [2.75, 3.05) is 19.6 Å². The number of halogens is 2. The van der Waals surface area contributed by atoms with E-state index in [2.05, 4.69) is 11.9 Å². The summed E-state index contributed by atoms with van der Waals surface area (Å²) in [4.78, 5) is 19.9. The van der Waals surface area contributed by atoms with E-state index in [1.54, 1.807) is 18.0 Å². The van der Waals surface area contributed by atoms with Gasteiger partial charge < -0.3 is 10.6 Å². The van der Waals surface area contributed by atoms with Crippen LogP contribution in [0.4, 0.5) is 0 Å². The fourth-order valence-electron chi connectivity index (χ4n) is 2.74. The van der Waals surface area contributed by atoms with Crippen LogP contribution in [-0.4, -0.2) is 35.4 Å². The summed E-state index contributed by atoms with van der Waals surface area (Å²) in [5.74, 6) is 0.0940. The maximum atomic E-state index is 12.6. The van der Waals surface area contributed by atoms with Crippen LogP contribution in [0.5, 0.6) is 0 Å². The standard InChI is InChI=1S/C18H21N3OS.2ClH/c1-18(12-19)9-11-21(13-18)17(22)14-5-7-15(8-6-14)23-16-4-2-3-10-20-16;;/h2-8,10H,9,11-13,19H2,1H3;2*1H. The summed E-state index contributed by atoms with van der Waals surface area (Å²) in [5, 5.41) is 0.949. The van der Waals surface area contributed by atoms with Gasteiger partial charge in [-0.3, -0.25) is 4.79 Å². The molecule has 1 atom stereocenters. The van der Waals surface area contributed by atoms with Crippen LogP contribution in [-0.2, 0) is 0 Å². The first-order valence-electron chi connectivity index (χ1n) is 7.78. The van der Waals surface area contributed by atoms with Crippen molar-refractivity contribution in [3.05, 3.63) is 54.2 Å². The molecular formula is C18H23Cl2N3OS. The Morgan fingerprint density at radius 1 is 1.24 bits per heavy atom. The molecule has 1 fully saturated rings. The lowest BCUT2D eigenvalue weighted by Gasteiger charge is -2.22. The van der Waals surface area contributed by atoms with E-state index in [1.807, 2.05) is 47.4 Å². The van der Waals surface area contributed by atoms with Crippen LogP contribution in [0.15, 0.2) is 58.6 Å². The van der Waals surface area contributed by atoms with Crippen LogP contribution in [0.2, 0.25) is 0 Å². The maximum absolute atomic E-state index is 12.6. The molecule has 1 saturated heterocycles. The molecule has 1 unspecified atom stereocenters. The van der Waals surface area contributed by atoms with E-state index in [0.717, 1.165) is 35.0 Å². The van der Waals surface area contributed by atoms with E-state index in [9.17, 15) is 4.79 Å². The average Bonchev–Trinajstić information content (AvgIpc) is 2.99. The highest BCUT2D eigenvalue weighted by Gasteiger charge is 2.35. The minimum atomic E-state index is 0. The van der Waals surface area contributed by atoms with E-state index in [1.165, 1.54) is 0 Å². The number of likely N-dealkylation sites (tertiary alicyclic amines) is 1. The second-order valence-corrected chi connectivity index (χ2v) is 7.38. The predicted molar refractivity (Wildman–Crippen MR) is 107 cm³/mol. The van der Waals surface area contributed by atoms with E-state index < -0.39 is 0 Å². The van der Waals surface area contributed by atoms with Crippen molar-refractivity contribution < 1.29 is 4.79 Å². The normalized spacial score (nSPS) is 19.0. The highest BCUT2D eigenvalue weighted by atomic mass is 35.5.